The summed E-state index contributed by atoms with van der Waals surface area (Å²) in [5.41, 5.74) is 1.80. The molecule has 0 radical (unpaired) electrons. The lowest BCUT2D eigenvalue weighted by molar-refractivity contribution is -0.00476. The summed E-state index contributed by atoms with van der Waals surface area (Å²) in [6.45, 7) is 2.74. The van der Waals surface area contributed by atoms with E-state index in [2.05, 4.69) is 36.4 Å². The SMILES string of the molecule is c1cc2c3c(c1)OCCCCCCCCCCCCCCOc1cccc(c1B1O[C@@H]4C5CC([C@H]6OB3O[C@H]56)[C@@H]4O1)OCCCCCCCCCCCCCCO2. The van der Waals surface area contributed by atoms with Crippen LogP contribution in [0.4, 0.5) is 0 Å². The predicted molar refractivity (Wildman–Crippen MR) is 228 cm³/mol. The van der Waals surface area contributed by atoms with Crippen LogP contribution >= 0.6 is 0 Å². The first-order chi connectivity index (χ1) is 28.3. The van der Waals surface area contributed by atoms with Crippen molar-refractivity contribution in [2.24, 2.45) is 11.8 Å². The molecule has 2 saturated heterocycles. The van der Waals surface area contributed by atoms with E-state index >= 15 is 0 Å². The first kappa shape index (κ1) is 41.3. The van der Waals surface area contributed by atoms with E-state index in [-0.39, 0.29) is 36.3 Å². The third-order valence-electron chi connectivity index (χ3n) is 13.6. The van der Waals surface area contributed by atoms with E-state index in [0.717, 1.165) is 66.0 Å². The molecule has 4 fully saturated rings. The second kappa shape index (κ2) is 21.7. The summed E-state index contributed by atoms with van der Waals surface area (Å²) in [4.78, 5) is 0. The molecule has 10 bridgehead atoms. The molecule has 2 aliphatic carbocycles. The zero-order chi connectivity index (χ0) is 38.5. The molecule has 312 valence electrons. The highest BCUT2D eigenvalue weighted by Crippen LogP contribution is 2.55. The molecule has 0 amide bonds. The Morgan fingerprint density at radius 1 is 0.316 bits per heavy atom. The van der Waals surface area contributed by atoms with Gasteiger partial charge in [0.05, 0.1) is 61.8 Å². The fourth-order valence-corrected chi connectivity index (χ4v) is 10.5. The zero-order valence-electron chi connectivity index (χ0n) is 34.9. The lowest BCUT2D eigenvalue weighted by Crippen LogP contribution is -2.44. The van der Waals surface area contributed by atoms with Gasteiger partial charge in [0, 0.05) is 11.8 Å². The second-order valence-corrected chi connectivity index (χ2v) is 17.8. The molecule has 6 heterocycles. The number of rotatable bonds is 0. The van der Waals surface area contributed by atoms with E-state index in [1.165, 1.54) is 128 Å². The van der Waals surface area contributed by atoms with Crippen LogP contribution in [0.3, 0.4) is 0 Å². The van der Waals surface area contributed by atoms with Gasteiger partial charge < -0.3 is 37.6 Å². The van der Waals surface area contributed by atoms with Crippen LogP contribution in [0.2, 0.25) is 0 Å². The predicted octanol–water partition coefficient (Wildman–Crippen LogP) is 9.90. The van der Waals surface area contributed by atoms with Crippen molar-refractivity contribution in [1.82, 2.24) is 0 Å². The van der Waals surface area contributed by atoms with E-state index in [9.17, 15) is 0 Å². The van der Waals surface area contributed by atoms with Gasteiger partial charge in [-0.2, -0.15) is 0 Å². The van der Waals surface area contributed by atoms with Crippen molar-refractivity contribution in [1.29, 1.82) is 0 Å². The smallest absolute Gasteiger partial charge is 0.494 e. The molecule has 2 saturated carbocycles. The summed E-state index contributed by atoms with van der Waals surface area (Å²) in [5.74, 6) is 3.65. The number of benzene rings is 2. The molecular formula is C47H70B2O8. The number of hydrogen-bond acceptors (Lipinski definition) is 8. The minimum absolute atomic E-state index is 0.0722. The van der Waals surface area contributed by atoms with Crippen molar-refractivity contribution in [3.8, 4) is 23.0 Å². The normalized spacial score (nSPS) is 30.4. The number of hydrogen-bond donors (Lipinski definition) is 0. The van der Waals surface area contributed by atoms with E-state index in [1.807, 2.05) is 0 Å². The molecule has 0 spiro atoms. The molecule has 10 heteroatoms. The molecule has 0 aromatic heterocycles. The van der Waals surface area contributed by atoms with E-state index in [1.54, 1.807) is 0 Å². The van der Waals surface area contributed by atoms with Gasteiger partial charge in [0.2, 0.25) is 0 Å². The van der Waals surface area contributed by atoms with Gasteiger partial charge in [-0.3, -0.25) is 0 Å². The highest BCUT2D eigenvalue weighted by atomic mass is 16.7. The molecule has 8 nitrogen and oxygen atoms in total. The van der Waals surface area contributed by atoms with Gasteiger partial charge in [0.25, 0.3) is 0 Å². The third kappa shape index (κ3) is 10.7. The molecule has 0 N–H and O–H groups in total. The maximum Gasteiger partial charge on any atom is 0.502 e. The zero-order valence-corrected chi connectivity index (χ0v) is 34.9. The maximum atomic E-state index is 6.94. The maximum absolute atomic E-state index is 6.94. The van der Waals surface area contributed by atoms with Crippen molar-refractivity contribution in [2.75, 3.05) is 26.4 Å². The average Bonchev–Trinajstić information content (AvgIpc) is 4.00. The van der Waals surface area contributed by atoms with Gasteiger partial charge in [-0.25, -0.2) is 0 Å². The third-order valence-corrected chi connectivity index (χ3v) is 13.6. The second-order valence-electron chi connectivity index (χ2n) is 17.8. The van der Waals surface area contributed by atoms with Crippen LogP contribution in [0.1, 0.15) is 161 Å². The Morgan fingerprint density at radius 3 is 0.789 bits per heavy atom. The lowest BCUT2D eigenvalue weighted by Gasteiger charge is -2.31. The minimum Gasteiger partial charge on any atom is -0.494 e. The molecule has 8 aliphatic rings. The van der Waals surface area contributed by atoms with Crippen molar-refractivity contribution < 1.29 is 37.6 Å². The summed E-state index contributed by atoms with van der Waals surface area (Å²) in [7, 11) is -1.10. The highest BCUT2D eigenvalue weighted by Gasteiger charge is 2.68. The summed E-state index contributed by atoms with van der Waals surface area (Å²) in [5, 5.41) is 0. The summed E-state index contributed by atoms with van der Waals surface area (Å²) in [6.07, 6.45) is 30.7. The molecule has 2 unspecified atom stereocenters. The Kier molecular flexibility index (Phi) is 15.8. The minimum atomic E-state index is -0.550. The Bertz CT molecular complexity index is 1300. The fraction of sp³-hybridized carbons (Fsp3) is 0.745. The van der Waals surface area contributed by atoms with Gasteiger partial charge in [-0.15, -0.1) is 0 Å². The Morgan fingerprint density at radius 2 is 0.544 bits per heavy atom. The molecule has 6 aliphatic heterocycles. The van der Waals surface area contributed by atoms with Gasteiger partial charge in [-0.05, 0) is 56.4 Å². The largest absolute Gasteiger partial charge is 0.502 e. The summed E-state index contributed by atoms with van der Waals surface area (Å²) in [6, 6.07) is 12.4. The van der Waals surface area contributed by atoms with E-state index in [0.29, 0.717) is 26.4 Å². The number of ether oxygens (including phenoxy) is 4. The molecular weight excluding hydrogens is 714 g/mol. The van der Waals surface area contributed by atoms with Gasteiger partial charge >= 0.3 is 14.2 Å². The summed E-state index contributed by atoms with van der Waals surface area (Å²) >= 11 is 0. The molecule has 10 rings (SSSR count). The first-order valence-corrected chi connectivity index (χ1v) is 23.7. The van der Waals surface area contributed by atoms with E-state index in [4.69, 9.17) is 37.6 Å². The molecule has 2 aromatic carbocycles. The van der Waals surface area contributed by atoms with Crippen LogP contribution in [0.15, 0.2) is 36.4 Å². The Balaban J connectivity index is 1.03. The van der Waals surface area contributed by atoms with Gasteiger partial charge in [-0.1, -0.05) is 141 Å². The topological polar surface area (TPSA) is 73.8 Å². The van der Waals surface area contributed by atoms with E-state index < -0.39 is 14.2 Å². The van der Waals surface area contributed by atoms with Crippen LogP contribution in [0, 0.1) is 11.8 Å². The molecule has 57 heavy (non-hydrogen) atoms. The van der Waals surface area contributed by atoms with Crippen LogP contribution in [0.5, 0.6) is 23.0 Å². The fourth-order valence-electron chi connectivity index (χ4n) is 10.5. The van der Waals surface area contributed by atoms with Crippen molar-refractivity contribution >= 4 is 25.2 Å². The molecule has 6 atom stereocenters. The van der Waals surface area contributed by atoms with Crippen LogP contribution in [-0.4, -0.2) is 65.1 Å². The van der Waals surface area contributed by atoms with Crippen molar-refractivity contribution in [2.45, 2.75) is 185 Å². The van der Waals surface area contributed by atoms with Crippen molar-refractivity contribution in [3.05, 3.63) is 36.4 Å². The highest BCUT2D eigenvalue weighted by molar-refractivity contribution is 6.64. The summed E-state index contributed by atoms with van der Waals surface area (Å²) < 4.78 is 54.0. The van der Waals surface area contributed by atoms with Gasteiger partial charge in [0.15, 0.2) is 0 Å². The average molecular weight is 785 g/mol. The van der Waals surface area contributed by atoms with Crippen LogP contribution in [0.25, 0.3) is 0 Å². The quantitative estimate of drug-likeness (QED) is 0.245. The Hall–Kier alpha value is -2.39. The Labute approximate surface area is 344 Å². The van der Waals surface area contributed by atoms with Crippen LogP contribution < -0.4 is 29.9 Å². The monoisotopic (exact) mass is 785 g/mol. The number of fused-ring (bicyclic) bond motifs is 30. The first-order valence-electron chi connectivity index (χ1n) is 23.7. The lowest BCUT2D eigenvalue weighted by atomic mass is 9.77. The molecule has 2 aromatic rings. The van der Waals surface area contributed by atoms with Crippen LogP contribution in [-0.2, 0) is 18.6 Å². The van der Waals surface area contributed by atoms with Gasteiger partial charge in [0.1, 0.15) is 23.0 Å². The van der Waals surface area contributed by atoms with Crippen molar-refractivity contribution in [3.63, 3.8) is 0 Å². The standard InChI is InChI=1S/C47H70B2O8/c1-2-6-10-14-18-22-32-51-39-28-26-30-41-43(39)49-56-46-36-35-37(47(46)57-49)45-44(36)54-48(55-45)42-38(50-31-21-17-13-9-5-1)27-25-29-40(42)52-33-23-19-15-11-7-3-4-8-12-16-20-24-34-53-41/h25-30,36-37,44-47H,1-24,31-35H2/t36?,37?,44-,45-,46-,47+/m1/s1.